The normalized spacial score (nSPS) is 10.7. The molecule has 21 heavy (non-hydrogen) atoms. The maximum absolute atomic E-state index is 6.49. The number of rotatable bonds is 7. The van der Waals surface area contributed by atoms with Crippen LogP contribution in [0.1, 0.15) is 20.8 Å². The third kappa shape index (κ3) is 2.96. The van der Waals surface area contributed by atoms with Crippen molar-refractivity contribution in [1.82, 2.24) is 4.98 Å². The molecule has 1 heterocycles. The summed E-state index contributed by atoms with van der Waals surface area (Å²) in [6.07, 6.45) is 0. The van der Waals surface area contributed by atoms with E-state index in [9.17, 15) is 0 Å². The summed E-state index contributed by atoms with van der Waals surface area (Å²) in [6, 6.07) is 0. The van der Waals surface area contributed by atoms with Gasteiger partial charge in [0.1, 0.15) is 10.5 Å². The van der Waals surface area contributed by atoms with Gasteiger partial charge >= 0.3 is 0 Å². The van der Waals surface area contributed by atoms with Gasteiger partial charge in [0.2, 0.25) is 5.75 Å². The Morgan fingerprint density at radius 1 is 1.00 bits per heavy atom. The van der Waals surface area contributed by atoms with Gasteiger partial charge in [-0.2, -0.15) is 0 Å². The Kier molecular flexibility index (Phi) is 5.36. The van der Waals surface area contributed by atoms with Crippen molar-refractivity contribution in [3.05, 3.63) is 5.02 Å². The van der Waals surface area contributed by atoms with Crippen LogP contribution in [-0.4, -0.2) is 31.9 Å². The fourth-order valence-electron chi connectivity index (χ4n) is 1.97. The summed E-state index contributed by atoms with van der Waals surface area (Å²) in [6.45, 7) is 7.22. The Balaban J connectivity index is 2.77. The molecule has 116 valence electrons. The molecule has 1 N–H and O–H groups in total. The summed E-state index contributed by atoms with van der Waals surface area (Å²) >= 11 is 7.95. The first-order chi connectivity index (χ1) is 10.2. The van der Waals surface area contributed by atoms with Crippen molar-refractivity contribution < 1.29 is 14.2 Å². The number of benzene rings is 1. The number of hydrogen-bond donors (Lipinski definition) is 1. The molecule has 0 bridgehead atoms. The first-order valence-electron chi connectivity index (χ1n) is 6.89. The quantitative estimate of drug-likeness (QED) is 0.825. The molecular weight excluding hydrogens is 312 g/mol. The smallest absolute Gasteiger partial charge is 0.207 e. The van der Waals surface area contributed by atoms with Crippen molar-refractivity contribution in [2.24, 2.45) is 0 Å². The van der Waals surface area contributed by atoms with Gasteiger partial charge in [-0.15, -0.1) is 0 Å². The molecule has 2 rings (SSSR count). The minimum atomic E-state index is 0.491. The van der Waals surface area contributed by atoms with E-state index >= 15 is 0 Å². The monoisotopic (exact) mass is 330 g/mol. The molecule has 0 saturated heterocycles. The molecule has 0 aliphatic heterocycles. The van der Waals surface area contributed by atoms with E-state index in [1.807, 2.05) is 27.8 Å². The van der Waals surface area contributed by atoms with Gasteiger partial charge in [-0.1, -0.05) is 22.9 Å². The average molecular weight is 331 g/mol. The molecule has 0 atom stereocenters. The zero-order valence-corrected chi connectivity index (χ0v) is 14.2. The van der Waals surface area contributed by atoms with Crippen LogP contribution in [0.5, 0.6) is 17.2 Å². The van der Waals surface area contributed by atoms with Crippen molar-refractivity contribution in [3.8, 4) is 17.2 Å². The third-order valence-corrected chi connectivity index (χ3v) is 4.30. The number of ether oxygens (including phenoxy) is 3. The Hall–Kier alpha value is -1.40. The predicted octanol–water partition coefficient (Wildman–Crippen LogP) is 4.19. The van der Waals surface area contributed by atoms with Crippen LogP contribution in [0, 0.1) is 0 Å². The summed E-state index contributed by atoms with van der Waals surface area (Å²) in [5.74, 6) is 1.62. The van der Waals surface area contributed by atoms with E-state index < -0.39 is 0 Å². The minimum absolute atomic E-state index is 0.491. The first kappa shape index (κ1) is 16.0. The van der Waals surface area contributed by atoms with Gasteiger partial charge in [-0.25, -0.2) is 4.98 Å². The second kappa shape index (κ2) is 7.04. The molecule has 5 nitrogen and oxygen atoms in total. The van der Waals surface area contributed by atoms with Crippen LogP contribution in [0.15, 0.2) is 0 Å². The second-order valence-electron chi connectivity index (χ2n) is 4.05. The number of thiazole rings is 1. The SMILES string of the molecule is CCOc1c(OCC)c(Cl)c2sc(NC)nc2c1OCC. The lowest BCUT2D eigenvalue weighted by Crippen LogP contribution is -2.03. The Morgan fingerprint density at radius 2 is 1.57 bits per heavy atom. The summed E-state index contributed by atoms with van der Waals surface area (Å²) < 4.78 is 18.0. The molecule has 1 aromatic heterocycles. The van der Waals surface area contributed by atoms with Gasteiger partial charge < -0.3 is 19.5 Å². The van der Waals surface area contributed by atoms with Gasteiger partial charge in [-0.3, -0.25) is 0 Å². The molecule has 0 fully saturated rings. The standard InChI is InChI=1S/C14H19ClN2O3S/c1-5-18-10-8(15)13-9(17-14(16-4)21-13)11(19-6-2)12(10)20-7-3/h5-7H2,1-4H3,(H,16,17). The van der Waals surface area contributed by atoms with Gasteiger partial charge in [-0.05, 0) is 20.8 Å². The maximum Gasteiger partial charge on any atom is 0.207 e. The van der Waals surface area contributed by atoms with Crippen molar-refractivity contribution in [1.29, 1.82) is 0 Å². The van der Waals surface area contributed by atoms with Crippen LogP contribution in [-0.2, 0) is 0 Å². The highest BCUT2D eigenvalue weighted by molar-refractivity contribution is 7.22. The third-order valence-electron chi connectivity index (χ3n) is 2.73. The van der Waals surface area contributed by atoms with E-state index in [2.05, 4.69) is 10.3 Å². The lowest BCUT2D eigenvalue weighted by molar-refractivity contribution is 0.263. The van der Waals surface area contributed by atoms with E-state index in [1.54, 1.807) is 0 Å². The molecule has 0 amide bonds. The lowest BCUT2D eigenvalue weighted by atomic mass is 10.2. The van der Waals surface area contributed by atoms with Gasteiger partial charge in [0, 0.05) is 7.05 Å². The van der Waals surface area contributed by atoms with Crippen molar-refractivity contribution in [3.63, 3.8) is 0 Å². The maximum atomic E-state index is 6.49. The Morgan fingerprint density at radius 3 is 2.14 bits per heavy atom. The van der Waals surface area contributed by atoms with Crippen molar-refractivity contribution in [2.75, 3.05) is 32.2 Å². The first-order valence-corrected chi connectivity index (χ1v) is 8.09. The summed E-state index contributed by atoms with van der Waals surface area (Å²) in [7, 11) is 1.82. The van der Waals surface area contributed by atoms with Crippen LogP contribution in [0.2, 0.25) is 5.02 Å². The number of anilines is 1. The number of nitrogens with zero attached hydrogens (tertiary/aromatic N) is 1. The van der Waals surface area contributed by atoms with E-state index in [0.29, 0.717) is 47.6 Å². The van der Waals surface area contributed by atoms with Gasteiger partial charge in [0.15, 0.2) is 16.6 Å². The summed E-state index contributed by atoms with van der Waals surface area (Å²) in [5, 5.41) is 4.31. The molecule has 0 spiro atoms. The molecular formula is C14H19ClN2O3S. The number of aromatic nitrogens is 1. The highest BCUT2D eigenvalue weighted by atomic mass is 35.5. The molecule has 7 heteroatoms. The summed E-state index contributed by atoms with van der Waals surface area (Å²) in [5.41, 5.74) is 0.697. The molecule has 0 radical (unpaired) electrons. The minimum Gasteiger partial charge on any atom is -0.488 e. The molecule has 1 aromatic carbocycles. The predicted molar refractivity (Wildman–Crippen MR) is 87.7 cm³/mol. The zero-order valence-electron chi connectivity index (χ0n) is 12.6. The molecule has 0 unspecified atom stereocenters. The number of halogens is 1. The topological polar surface area (TPSA) is 52.6 Å². The fraction of sp³-hybridized carbons (Fsp3) is 0.500. The average Bonchev–Trinajstić information content (AvgIpc) is 2.91. The molecule has 0 aliphatic rings. The van der Waals surface area contributed by atoms with Crippen LogP contribution in [0.3, 0.4) is 0 Å². The van der Waals surface area contributed by atoms with E-state index in [1.165, 1.54) is 11.3 Å². The van der Waals surface area contributed by atoms with Crippen LogP contribution < -0.4 is 19.5 Å². The Labute approximate surface area is 133 Å². The van der Waals surface area contributed by atoms with Gasteiger partial charge in [0.25, 0.3) is 0 Å². The summed E-state index contributed by atoms with van der Waals surface area (Å²) in [4.78, 5) is 4.52. The lowest BCUT2D eigenvalue weighted by Gasteiger charge is -2.17. The van der Waals surface area contributed by atoms with Gasteiger partial charge in [0.05, 0.1) is 24.5 Å². The van der Waals surface area contributed by atoms with Crippen LogP contribution >= 0.6 is 22.9 Å². The van der Waals surface area contributed by atoms with E-state index in [4.69, 9.17) is 25.8 Å². The molecule has 0 aliphatic carbocycles. The van der Waals surface area contributed by atoms with Crippen LogP contribution in [0.25, 0.3) is 10.2 Å². The number of hydrogen-bond acceptors (Lipinski definition) is 6. The number of nitrogens with one attached hydrogen (secondary N) is 1. The largest absolute Gasteiger partial charge is 0.488 e. The second-order valence-corrected chi connectivity index (χ2v) is 5.42. The number of fused-ring (bicyclic) bond motifs is 1. The Bertz CT molecular complexity index is 630. The van der Waals surface area contributed by atoms with Crippen molar-refractivity contribution >= 4 is 38.3 Å². The van der Waals surface area contributed by atoms with E-state index in [0.717, 1.165) is 9.83 Å². The fourth-order valence-corrected chi connectivity index (χ4v) is 3.17. The van der Waals surface area contributed by atoms with Crippen molar-refractivity contribution in [2.45, 2.75) is 20.8 Å². The highest BCUT2D eigenvalue weighted by Crippen LogP contribution is 2.51. The van der Waals surface area contributed by atoms with Crippen LogP contribution in [0.4, 0.5) is 5.13 Å². The molecule has 0 saturated carbocycles. The highest BCUT2D eigenvalue weighted by Gasteiger charge is 2.25. The van der Waals surface area contributed by atoms with E-state index in [-0.39, 0.29) is 0 Å². The molecule has 2 aromatic rings. The zero-order chi connectivity index (χ0) is 15.4.